The second kappa shape index (κ2) is 10.2. The van der Waals surface area contributed by atoms with E-state index < -0.39 is 12.1 Å². The molecule has 154 valence electrons. The maximum atomic E-state index is 12.1. The number of carboxylic acids is 1. The Morgan fingerprint density at radius 2 is 1.72 bits per heavy atom. The number of rotatable bonds is 6. The zero-order valence-corrected chi connectivity index (χ0v) is 15.1. The number of aromatic nitrogens is 2. The van der Waals surface area contributed by atoms with Crippen LogP contribution in [0.2, 0.25) is 0 Å². The van der Waals surface area contributed by atoms with Gasteiger partial charge in [0.25, 0.3) is 5.91 Å². The number of amides is 1. The molecule has 2 aromatic heterocycles. The Labute approximate surface area is 163 Å². The standard InChI is InChI=1S/C17H17N3O2.C2HF3O2/c21-17(16-14-6-1-2-7-15(14)22-20-16)19-10-4-3-5-13-8-11-18-12-9-13;3-2(4,5)1(6)7/h1-2,6-9,11-12H,3-5,10H2,(H,19,21);(H,6,7). The summed E-state index contributed by atoms with van der Waals surface area (Å²) in [5, 5.41) is 14.6. The van der Waals surface area contributed by atoms with E-state index in [4.69, 9.17) is 14.4 Å². The van der Waals surface area contributed by atoms with Gasteiger partial charge >= 0.3 is 12.1 Å². The number of pyridine rings is 1. The number of hydrogen-bond acceptors (Lipinski definition) is 5. The van der Waals surface area contributed by atoms with Crippen LogP contribution < -0.4 is 5.32 Å². The number of halogens is 3. The van der Waals surface area contributed by atoms with E-state index in [2.05, 4.69) is 15.5 Å². The molecule has 10 heteroatoms. The van der Waals surface area contributed by atoms with Crippen LogP contribution in [0.25, 0.3) is 11.0 Å². The first-order valence-corrected chi connectivity index (χ1v) is 8.60. The first-order valence-electron chi connectivity index (χ1n) is 8.60. The number of hydrogen-bond donors (Lipinski definition) is 2. The number of unbranched alkanes of at least 4 members (excludes halogenated alkanes) is 1. The number of aryl methyl sites for hydroxylation is 1. The molecule has 2 heterocycles. The molecule has 0 unspecified atom stereocenters. The average molecular weight is 409 g/mol. The molecular formula is C19H18F3N3O4. The summed E-state index contributed by atoms with van der Waals surface area (Å²) < 4.78 is 36.9. The monoisotopic (exact) mass is 409 g/mol. The van der Waals surface area contributed by atoms with Gasteiger partial charge in [0.05, 0.1) is 5.39 Å². The molecule has 3 aromatic rings. The third-order valence-corrected chi connectivity index (χ3v) is 3.76. The Bertz CT molecular complexity index is 943. The molecule has 0 spiro atoms. The van der Waals surface area contributed by atoms with E-state index in [0.717, 1.165) is 24.6 Å². The Hall–Kier alpha value is -3.43. The summed E-state index contributed by atoms with van der Waals surface area (Å²) in [4.78, 5) is 25.0. The molecule has 2 N–H and O–H groups in total. The highest BCUT2D eigenvalue weighted by atomic mass is 19.4. The predicted molar refractivity (Wildman–Crippen MR) is 97.2 cm³/mol. The van der Waals surface area contributed by atoms with Crippen LogP contribution in [0.5, 0.6) is 0 Å². The van der Waals surface area contributed by atoms with Gasteiger partial charge in [-0.25, -0.2) is 4.79 Å². The number of nitrogens with one attached hydrogen (secondary N) is 1. The molecule has 0 aliphatic carbocycles. The van der Waals surface area contributed by atoms with Crippen LogP contribution >= 0.6 is 0 Å². The van der Waals surface area contributed by atoms with Crippen LogP contribution in [-0.4, -0.2) is 39.8 Å². The molecular weight excluding hydrogens is 391 g/mol. The molecule has 0 bridgehead atoms. The van der Waals surface area contributed by atoms with Crippen molar-refractivity contribution >= 4 is 22.8 Å². The van der Waals surface area contributed by atoms with Gasteiger partial charge in [0.15, 0.2) is 11.3 Å². The third-order valence-electron chi connectivity index (χ3n) is 3.76. The highest BCUT2D eigenvalue weighted by molar-refractivity contribution is 6.03. The molecule has 3 rings (SSSR count). The van der Waals surface area contributed by atoms with Gasteiger partial charge in [-0.05, 0) is 49.1 Å². The van der Waals surface area contributed by atoms with Crippen LogP contribution in [0.1, 0.15) is 28.9 Å². The Kier molecular flexibility index (Phi) is 7.70. The van der Waals surface area contributed by atoms with E-state index in [0.29, 0.717) is 17.8 Å². The van der Waals surface area contributed by atoms with Gasteiger partial charge in [-0.1, -0.05) is 17.3 Å². The third kappa shape index (κ3) is 6.91. The number of benzene rings is 1. The fourth-order valence-corrected chi connectivity index (χ4v) is 2.34. The zero-order valence-electron chi connectivity index (χ0n) is 15.1. The quantitative estimate of drug-likeness (QED) is 0.603. The van der Waals surface area contributed by atoms with E-state index in [1.165, 1.54) is 5.56 Å². The Morgan fingerprint density at radius 3 is 2.38 bits per heavy atom. The maximum Gasteiger partial charge on any atom is 0.490 e. The molecule has 0 fully saturated rings. The van der Waals surface area contributed by atoms with E-state index in [9.17, 15) is 18.0 Å². The first-order chi connectivity index (χ1) is 13.8. The van der Waals surface area contributed by atoms with Crippen molar-refractivity contribution in [3.8, 4) is 0 Å². The van der Waals surface area contributed by atoms with Gasteiger partial charge in [0, 0.05) is 18.9 Å². The van der Waals surface area contributed by atoms with E-state index in [1.807, 2.05) is 30.3 Å². The largest absolute Gasteiger partial charge is 0.490 e. The Morgan fingerprint density at radius 1 is 1.07 bits per heavy atom. The smallest absolute Gasteiger partial charge is 0.475 e. The second-order valence-corrected chi connectivity index (χ2v) is 5.90. The van der Waals surface area contributed by atoms with Gasteiger partial charge in [-0.2, -0.15) is 13.2 Å². The summed E-state index contributed by atoms with van der Waals surface area (Å²) in [6, 6.07) is 11.4. The van der Waals surface area contributed by atoms with E-state index >= 15 is 0 Å². The molecule has 0 radical (unpaired) electrons. The number of para-hydroxylation sites is 1. The van der Waals surface area contributed by atoms with Crippen molar-refractivity contribution in [3.63, 3.8) is 0 Å². The lowest BCUT2D eigenvalue weighted by Crippen LogP contribution is -2.25. The number of alkyl halides is 3. The van der Waals surface area contributed by atoms with Crippen LogP contribution in [0.3, 0.4) is 0 Å². The van der Waals surface area contributed by atoms with Gasteiger partial charge in [0.2, 0.25) is 0 Å². The molecule has 1 amide bonds. The predicted octanol–water partition coefficient (Wildman–Crippen LogP) is 3.61. The average Bonchev–Trinajstić information content (AvgIpc) is 3.12. The minimum Gasteiger partial charge on any atom is -0.475 e. The maximum absolute atomic E-state index is 12.1. The highest BCUT2D eigenvalue weighted by Gasteiger charge is 2.38. The summed E-state index contributed by atoms with van der Waals surface area (Å²) in [6.45, 7) is 0.630. The summed E-state index contributed by atoms with van der Waals surface area (Å²) in [7, 11) is 0. The topological polar surface area (TPSA) is 105 Å². The number of carbonyl (C=O) groups excluding carboxylic acids is 1. The summed E-state index contributed by atoms with van der Waals surface area (Å²) >= 11 is 0. The molecule has 0 aliphatic rings. The van der Waals surface area contributed by atoms with Crippen LogP contribution in [0.4, 0.5) is 13.2 Å². The lowest BCUT2D eigenvalue weighted by molar-refractivity contribution is -0.192. The zero-order chi connectivity index (χ0) is 21.3. The van der Waals surface area contributed by atoms with Gasteiger partial charge in [-0.15, -0.1) is 0 Å². The van der Waals surface area contributed by atoms with Crippen molar-refractivity contribution in [1.29, 1.82) is 0 Å². The SMILES string of the molecule is O=C(NCCCCc1ccncc1)c1noc2ccccc12.O=C(O)C(F)(F)F. The van der Waals surface area contributed by atoms with Crippen molar-refractivity contribution in [2.45, 2.75) is 25.4 Å². The van der Waals surface area contributed by atoms with Crippen LogP contribution in [-0.2, 0) is 11.2 Å². The van der Waals surface area contributed by atoms with E-state index in [1.54, 1.807) is 18.5 Å². The molecule has 7 nitrogen and oxygen atoms in total. The summed E-state index contributed by atoms with van der Waals surface area (Å²) in [5.41, 5.74) is 2.25. The number of aliphatic carboxylic acids is 1. The number of fused-ring (bicyclic) bond motifs is 1. The normalized spacial score (nSPS) is 10.9. The van der Waals surface area contributed by atoms with Crippen LogP contribution in [0, 0.1) is 0 Å². The molecule has 0 atom stereocenters. The fourth-order valence-electron chi connectivity index (χ4n) is 2.34. The molecule has 1 aromatic carbocycles. The van der Waals surface area contributed by atoms with Gasteiger partial charge in [-0.3, -0.25) is 9.78 Å². The summed E-state index contributed by atoms with van der Waals surface area (Å²) in [6.07, 6.45) is 1.44. The van der Waals surface area contributed by atoms with Crippen molar-refractivity contribution in [2.24, 2.45) is 0 Å². The van der Waals surface area contributed by atoms with Gasteiger partial charge < -0.3 is 14.9 Å². The van der Waals surface area contributed by atoms with Crippen molar-refractivity contribution in [3.05, 3.63) is 60.0 Å². The molecule has 0 saturated heterocycles. The molecule has 0 aliphatic heterocycles. The fraction of sp³-hybridized carbons (Fsp3) is 0.263. The minimum atomic E-state index is -5.08. The number of nitrogens with zero attached hydrogens (tertiary/aromatic N) is 2. The number of carbonyl (C=O) groups is 2. The van der Waals surface area contributed by atoms with Gasteiger partial charge in [0.1, 0.15) is 0 Å². The van der Waals surface area contributed by atoms with Crippen LogP contribution in [0.15, 0.2) is 53.3 Å². The second-order valence-electron chi connectivity index (χ2n) is 5.90. The van der Waals surface area contributed by atoms with Crippen molar-refractivity contribution in [2.75, 3.05) is 6.54 Å². The Balaban J connectivity index is 0.000000370. The lowest BCUT2D eigenvalue weighted by Gasteiger charge is -2.03. The van der Waals surface area contributed by atoms with Crippen molar-refractivity contribution < 1.29 is 32.4 Å². The minimum absolute atomic E-state index is 0.186. The molecule has 29 heavy (non-hydrogen) atoms. The highest BCUT2D eigenvalue weighted by Crippen LogP contribution is 2.17. The molecule has 0 saturated carbocycles. The first kappa shape index (κ1) is 21.9. The van der Waals surface area contributed by atoms with E-state index in [-0.39, 0.29) is 5.91 Å². The number of carboxylic acid groups (broad SMARTS) is 1. The van der Waals surface area contributed by atoms with Crippen molar-refractivity contribution in [1.82, 2.24) is 15.5 Å². The summed E-state index contributed by atoms with van der Waals surface area (Å²) in [5.74, 6) is -2.94. The lowest BCUT2D eigenvalue weighted by atomic mass is 10.1.